The first kappa shape index (κ1) is 14.9. The number of esters is 1. The first-order valence-corrected chi connectivity index (χ1v) is 5.42. The molecular formula is C11H22N2O3. The molecule has 0 aromatic rings. The van der Waals surface area contributed by atoms with Crippen LogP contribution in [0.4, 0.5) is 0 Å². The van der Waals surface area contributed by atoms with E-state index in [1.165, 1.54) is 4.90 Å². The SMILES string of the molecule is CN(CCC(=O)OC(C)(C)C)C(=O)CCN. The van der Waals surface area contributed by atoms with Crippen molar-refractivity contribution in [3.05, 3.63) is 0 Å². The Kier molecular flexibility index (Phi) is 6.03. The van der Waals surface area contributed by atoms with E-state index in [0.29, 0.717) is 19.5 Å². The Morgan fingerprint density at radius 1 is 1.25 bits per heavy atom. The normalized spacial score (nSPS) is 11.1. The van der Waals surface area contributed by atoms with Gasteiger partial charge in [0.1, 0.15) is 5.60 Å². The molecule has 2 N–H and O–H groups in total. The smallest absolute Gasteiger partial charge is 0.308 e. The standard InChI is InChI=1S/C11H22N2O3/c1-11(2,3)16-10(15)6-8-13(4)9(14)5-7-12/h5-8,12H2,1-4H3. The number of carbonyl (C=O) groups is 2. The van der Waals surface area contributed by atoms with Gasteiger partial charge in [-0.05, 0) is 20.8 Å². The summed E-state index contributed by atoms with van der Waals surface area (Å²) in [6.07, 6.45) is 0.523. The van der Waals surface area contributed by atoms with E-state index < -0.39 is 5.60 Å². The summed E-state index contributed by atoms with van der Waals surface area (Å²) in [7, 11) is 1.66. The van der Waals surface area contributed by atoms with Crippen molar-refractivity contribution >= 4 is 11.9 Å². The van der Waals surface area contributed by atoms with E-state index in [4.69, 9.17) is 10.5 Å². The number of amides is 1. The molecule has 0 atom stereocenters. The van der Waals surface area contributed by atoms with Crippen LogP contribution in [0.1, 0.15) is 33.6 Å². The number of rotatable bonds is 5. The minimum Gasteiger partial charge on any atom is -0.460 e. The van der Waals surface area contributed by atoms with E-state index in [9.17, 15) is 9.59 Å². The molecule has 0 aromatic carbocycles. The van der Waals surface area contributed by atoms with E-state index in [1.807, 2.05) is 20.8 Å². The molecule has 0 aliphatic rings. The third-order valence-corrected chi connectivity index (χ3v) is 1.86. The van der Waals surface area contributed by atoms with Crippen LogP contribution in [0.2, 0.25) is 0 Å². The van der Waals surface area contributed by atoms with E-state index in [2.05, 4.69) is 0 Å². The maximum Gasteiger partial charge on any atom is 0.308 e. The van der Waals surface area contributed by atoms with Crippen LogP contribution >= 0.6 is 0 Å². The van der Waals surface area contributed by atoms with Crippen LogP contribution in [0, 0.1) is 0 Å². The molecule has 0 rings (SSSR count). The molecule has 0 saturated carbocycles. The second-order valence-corrected chi connectivity index (χ2v) is 4.69. The number of nitrogens with zero attached hydrogens (tertiary/aromatic N) is 1. The Hall–Kier alpha value is -1.10. The Morgan fingerprint density at radius 2 is 1.81 bits per heavy atom. The first-order valence-electron chi connectivity index (χ1n) is 5.42. The maximum atomic E-state index is 11.4. The first-order chi connectivity index (χ1) is 7.26. The number of ether oxygens (including phenoxy) is 1. The lowest BCUT2D eigenvalue weighted by atomic mass is 10.2. The van der Waals surface area contributed by atoms with Crippen LogP contribution in [0.15, 0.2) is 0 Å². The third-order valence-electron chi connectivity index (χ3n) is 1.86. The Balaban J connectivity index is 3.88. The van der Waals surface area contributed by atoms with Crippen molar-refractivity contribution in [2.24, 2.45) is 5.73 Å². The van der Waals surface area contributed by atoms with Crippen molar-refractivity contribution in [1.82, 2.24) is 4.90 Å². The summed E-state index contributed by atoms with van der Waals surface area (Å²) < 4.78 is 5.13. The van der Waals surface area contributed by atoms with Gasteiger partial charge in [-0.3, -0.25) is 9.59 Å². The van der Waals surface area contributed by atoms with Gasteiger partial charge in [0.2, 0.25) is 5.91 Å². The Bertz CT molecular complexity index is 246. The van der Waals surface area contributed by atoms with E-state index in [0.717, 1.165) is 0 Å². The highest BCUT2D eigenvalue weighted by Crippen LogP contribution is 2.08. The quantitative estimate of drug-likeness (QED) is 0.699. The fraction of sp³-hybridized carbons (Fsp3) is 0.818. The van der Waals surface area contributed by atoms with Crippen LogP contribution < -0.4 is 5.73 Å². The molecule has 0 fully saturated rings. The molecule has 0 unspecified atom stereocenters. The molecule has 94 valence electrons. The average molecular weight is 230 g/mol. The largest absolute Gasteiger partial charge is 0.460 e. The minimum atomic E-state index is -0.475. The topological polar surface area (TPSA) is 72.6 Å². The van der Waals surface area contributed by atoms with Gasteiger partial charge in [0, 0.05) is 26.6 Å². The molecule has 0 aliphatic carbocycles. The van der Waals surface area contributed by atoms with Crippen LogP contribution in [-0.4, -0.2) is 42.5 Å². The van der Waals surface area contributed by atoms with Gasteiger partial charge < -0.3 is 15.4 Å². The molecular weight excluding hydrogens is 208 g/mol. The van der Waals surface area contributed by atoms with Gasteiger partial charge in [-0.25, -0.2) is 0 Å². The maximum absolute atomic E-state index is 11.4. The molecule has 0 spiro atoms. The molecule has 0 heterocycles. The number of hydrogen-bond donors (Lipinski definition) is 1. The molecule has 0 radical (unpaired) electrons. The van der Waals surface area contributed by atoms with Crippen LogP contribution in [0.3, 0.4) is 0 Å². The molecule has 0 aromatic heterocycles. The lowest BCUT2D eigenvalue weighted by Crippen LogP contribution is -2.32. The lowest BCUT2D eigenvalue weighted by Gasteiger charge is -2.21. The molecule has 0 aliphatic heterocycles. The van der Waals surface area contributed by atoms with Crippen molar-refractivity contribution in [2.45, 2.75) is 39.2 Å². The van der Waals surface area contributed by atoms with Gasteiger partial charge in [-0.1, -0.05) is 0 Å². The zero-order chi connectivity index (χ0) is 12.8. The predicted octanol–water partition coefficient (Wildman–Crippen LogP) is 0.525. The van der Waals surface area contributed by atoms with Crippen LogP contribution in [0.25, 0.3) is 0 Å². The van der Waals surface area contributed by atoms with Crippen molar-refractivity contribution < 1.29 is 14.3 Å². The molecule has 0 bridgehead atoms. The summed E-state index contributed by atoms with van der Waals surface area (Å²) in [5.41, 5.74) is 4.79. The second kappa shape index (κ2) is 6.48. The third kappa shape index (κ3) is 7.23. The Morgan fingerprint density at radius 3 is 2.25 bits per heavy atom. The second-order valence-electron chi connectivity index (χ2n) is 4.69. The molecule has 5 heteroatoms. The number of nitrogens with two attached hydrogens (primary N) is 1. The van der Waals surface area contributed by atoms with Crippen molar-refractivity contribution in [2.75, 3.05) is 20.1 Å². The molecule has 5 nitrogen and oxygen atoms in total. The summed E-state index contributed by atoms with van der Waals surface area (Å²) >= 11 is 0. The minimum absolute atomic E-state index is 0.0499. The summed E-state index contributed by atoms with van der Waals surface area (Å²) in [5, 5.41) is 0. The Labute approximate surface area is 96.9 Å². The number of carbonyl (C=O) groups excluding carboxylic acids is 2. The summed E-state index contributed by atoms with van der Waals surface area (Å²) in [6, 6.07) is 0. The van der Waals surface area contributed by atoms with Crippen LogP contribution in [0.5, 0.6) is 0 Å². The van der Waals surface area contributed by atoms with Gasteiger partial charge >= 0.3 is 5.97 Å². The van der Waals surface area contributed by atoms with E-state index in [1.54, 1.807) is 7.05 Å². The van der Waals surface area contributed by atoms with Gasteiger partial charge in [0.15, 0.2) is 0 Å². The highest BCUT2D eigenvalue weighted by Gasteiger charge is 2.17. The molecule has 1 amide bonds. The summed E-state index contributed by atoms with van der Waals surface area (Å²) in [5.74, 6) is -0.342. The van der Waals surface area contributed by atoms with Crippen LogP contribution in [-0.2, 0) is 14.3 Å². The monoisotopic (exact) mass is 230 g/mol. The van der Waals surface area contributed by atoms with E-state index >= 15 is 0 Å². The fourth-order valence-corrected chi connectivity index (χ4v) is 1.09. The zero-order valence-corrected chi connectivity index (χ0v) is 10.6. The predicted molar refractivity (Wildman–Crippen MR) is 61.8 cm³/mol. The van der Waals surface area contributed by atoms with E-state index in [-0.39, 0.29) is 18.3 Å². The van der Waals surface area contributed by atoms with Crippen molar-refractivity contribution in [1.29, 1.82) is 0 Å². The highest BCUT2D eigenvalue weighted by molar-refractivity contribution is 5.77. The zero-order valence-electron chi connectivity index (χ0n) is 10.6. The van der Waals surface area contributed by atoms with Gasteiger partial charge in [0.25, 0.3) is 0 Å². The lowest BCUT2D eigenvalue weighted by molar-refractivity contribution is -0.155. The summed E-state index contributed by atoms with van der Waals surface area (Å²) in [4.78, 5) is 24.2. The van der Waals surface area contributed by atoms with Gasteiger partial charge in [-0.2, -0.15) is 0 Å². The average Bonchev–Trinajstić information content (AvgIpc) is 2.11. The molecule has 16 heavy (non-hydrogen) atoms. The molecule has 0 saturated heterocycles. The summed E-state index contributed by atoms with van der Waals surface area (Å²) in [6.45, 7) is 6.14. The van der Waals surface area contributed by atoms with Gasteiger partial charge in [0.05, 0.1) is 6.42 Å². The van der Waals surface area contributed by atoms with Gasteiger partial charge in [-0.15, -0.1) is 0 Å². The highest BCUT2D eigenvalue weighted by atomic mass is 16.6. The van der Waals surface area contributed by atoms with Crippen molar-refractivity contribution in [3.63, 3.8) is 0 Å². The number of hydrogen-bond acceptors (Lipinski definition) is 4. The van der Waals surface area contributed by atoms with Crippen molar-refractivity contribution in [3.8, 4) is 0 Å². The fourth-order valence-electron chi connectivity index (χ4n) is 1.09.